The van der Waals surface area contributed by atoms with Crippen LogP contribution in [0.25, 0.3) is 0 Å². The van der Waals surface area contributed by atoms with Crippen molar-refractivity contribution in [2.45, 2.75) is 36.8 Å². The van der Waals surface area contributed by atoms with Crippen molar-refractivity contribution in [1.82, 2.24) is 9.62 Å². The first-order valence-electron chi connectivity index (χ1n) is 12.9. The molecule has 2 aliphatic rings. The lowest BCUT2D eigenvalue weighted by atomic mass is 9.97. The number of hydrogen-bond acceptors (Lipinski definition) is 7. The van der Waals surface area contributed by atoms with Gasteiger partial charge < -0.3 is 15.5 Å². The molecule has 1 aromatic heterocycles. The molecule has 204 valence electrons. The molecule has 8 nitrogen and oxygen atoms in total. The highest BCUT2D eigenvalue weighted by Crippen LogP contribution is 2.31. The first-order valence-corrected chi connectivity index (χ1v) is 14.6. The van der Waals surface area contributed by atoms with E-state index < -0.39 is 23.7 Å². The van der Waals surface area contributed by atoms with E-state index in [0.29, 0.717) is 11.1 Å². The van der Waals surface area contributed by atoms with E-state index in [2.05, 4.69) is 20.3 Å². The molecule has 0 unspecified atom stereocenters. The molecule has 1 fully saturated rings. The van der Waals surface area contributed by atoms with E-state index in [0.717, 1.165) is 57.2 Å². The Balaban J connectivity index is 1.19. The highest BCUT2D eigenvalue weighted by Gasteiger charge is 2.34. The average molecular weight is 568 g/mol. The standard InChI is InChI=1S/C28H30FN5O3S2/c1-18-5-10-26(38-18)39-32-28(37)31-21-7-9-24(23(29)17-21)34-25(35)16-19-15-20(6-8-22(19)27(34)36)30-11-4-14-33-12-2-3-13-33/h5-10,15,17,30H,2-4,11-14,16H2,1H3,(H2,31,32,37). The van der Waals surface area contributed by atoms with Crippen molar-refractivity contribution in [2.75, 3.05) is 41.7 Å². The maximum Gasteiger partial charge on any atom is 0.329 e. The molecular formula is C28H30FN5O3S2. The van der Waals surface area contributed by atoms with Crippen LogP contribution in [0, 0.1) is 12.7 Å². The molecule has 2 aliphatic heterocycles. The molecule has 5 rings (SSSR count). The molecule has 0 aliphatic carbocycles. The number of rotatable bonds is 9. The molecule has 2 aromatic carbocycles. The molecule has 0 atom stereocenters. The lowest BCUT2D eigenvalue weighted by molar-refractivity contribution is -0.117. The highest BCUT2D eigenvalue weighted by molar-refractivity contribution is 7.99. The van der Waals surface area contributed by atoms with Crippen LogP contribution in [0.1, 0.15) is 40.1 Å². The summed E-state index contributed by atoms with van der Waals surface area (Å²) < 4.78 is 18.6. The van der Waals surface area contributed by atoms with E-state index >= 15 is 4.39 Å². The van der Waals surface area contributed by atoms with Crippen molar-refractivity contribution in [1.29, 1.82) is 0 Å². The third kappa shape index (κ3) is 6.60. The van der Waals surface area contributed by atoms with Crippen molar-refractivity contribution in [2.24, 2.45) is 0 Å². The average Bonchev–Trinajstić information content (AvgIpc) is 3.58. The second-order valence-electron chi connectivity index (χ2n) is 9.60. The normalized spacial score (nSPS) is 15.4. The molecule has 3 N–H and O–H groups in total. The van der Waals surface area contributed by atoms with Gasteiger partial charge in [-0.05, 0) is 112 Å². The zero-order valence-corrected chi connectivity index (χ0v) is 23.2. The Kier molecular flexibility index (Phi) is 8.49. The van der Waals surface area contributed by atoms with Crippen LogP contribution in [-0.4, -0.2) is 48.9 Å². The Morgan fingerprint density at radius 3 is 2.59 bits per heavy atom. The van der Waals surface area contributed by atoms with E-state index in [9.17, 15) is 14.4 Å². The van der Waals surface area contributed by atoms with Gasteiger partial charge in [-0.1, -0.05) is 0 Å². The Morgan fingerprint density at radius 2 is 1.85 bits per heavy atom. The van der Waals surface area contributed by atoms with Crippen LogP contribution in [0.15, 0.2) is 52.7 Å². The summed E-state index contributed by atoms with van der Waals surface area (Å²) in [6.07, 6.45) is 3.55. The predicted octanol–water partition coefficient (Wildman–Crippen LogP) is 5.65. The SMILES string of the molecule is Cc1ccc(SNC(=O)Nc2ccc(N3C(=O)Cc4cc(NCCCN5CCCC5)ccc4C3=O)c(F)c2)s1. The van der Waals surface area contributed by atoms with Gasteiger partial charge in [0.25, 0.3) is 5.91 Å². The second kappa shape index (κ2) is 12.2. The number of carbonyl (C=O) groups is 3. The number of imide groups is 1. The zero-order valence-electron chi connectivity index (χ0n) is 21.6. The largest absolute Gasteiger partial charge is 0.385 e. The van der Waals surface area contributed by atoms with Gasteiger partial charge in [0.15, 0.2) is 0 Å². The number of amides is 4. The summed E-state index contributed by atoms with van der Waals surface area (Å²) in [6, 6.07) is 12.6. The number of hydrogen-bond donors (Lipinski definition) is 3. The van der Waals surface area contributed by atoms with E-state index in [1.807, 2.05) is 31.2 Å². The fourth-order valence-electron chi connectivity index (χ4n) is 4.81. The summed E-state index contributed by atoms with van der Waals surface area (Å²) in [5.41, 5.74) is 1.92. The van der Waals surface area contributed by atoms with Crippen molar-refractivity contribution >= 4 is 58.2 Å². The van der Waals surface area contributed by atoms with Gasteiger partial charge in [0, 0.05) is 28.4 Å². The smallest absolute Gasteiger partial charge is 0.329 e. The lowest BCUT2D eigenvalue weighted by Crippen LogP contribution is -2.43. The fourth-order valence-corrected chi connectivity index (χ4v) is 6.46. The van der Waals surface area contributed by atoms with Crippen molar-refractivity contribution in [3.63, 3.8) is 0 Å². The lowest BCUT2D eigenvalue weighted by Gasteiger charge is -2.27. The van der Waals surface area contributed by atoms with E-state index in [-0.39, 0.29) is 17.8 Å². The maximum absolute atomic E-state index is 15.1. The van der Waals surface area contributed by atoms with Crippen LogP contribution >= 0.6 is 23.3 Å². The van der Waals surface area contributed by atoms with Gasteiger partial charge in [0.05, 0.1) is 16.3 Å². The summed E-state index contributed by atoms with van der Waals surface area (Å²) in [5, 5.41) is 5.94. The van der Waals surface area contributed by atoms with Crippen LogP contribution < -0.4 is 20.3 Å². The Labute approximate surface area is 235 Å². The van der Waals surface area contributed by atoms with E-state index in [4.69, 9.17) is 0 Å². The summed E-state index contributed by atoms with van der Waals surface area (Å²) in [6.45, 7) is 6.18. The molecule has 39 heavy (non-hydrogen) atoms. The second-order valence-corrected chi connectivity index (χ2v) is 12.0. The van der Waals surface area contributed by atoms with Gasteiger partial charge in [-0.25, -0.2) is 14.1 Å². The van der Waals surface area contributed by atoms with Crippen molar-refractivity contribution in [3.05, 3.63) is 70.4 Å². The summed E-state index contributed by atoms with van der Waals surface area (Å²) in [5.74, 6) is -1.85. The molecular weight excluding hydrogens is 537 g/mol. The molecule has 0 bridgehead atoms. The Hall–Kier alpha value is -3.41. The third-order valence-corrected chi connectivity index (χ3v) is 8.64. The van der Waals surface area contributed by atoms with E-state index in [1.165, 1.54) is 38.1 Å². The first kappa shape index (κ1) is 27.2. The molecule has 1 saturated heterocycles. The topological polar surface area (TPSA) is 93.8 Å². The summed E-state index contributed by atoms with van der Waals surface area (Å²) in [7, 11) is 0. The number of benzene rings is 2. The van der Waals surface area contributed by atoms with Gasteiger partial charge in [0.2, 0.25) is 5.91 Å². The Bertz CT molecular complexity index is 1390. The zero-order chi connectivity index (χ0) is 27.4. The summed E-state index contributed by atoms with van der Waals surface area (Å²) >= 11 is 2.71. The van der Waals surface area contributed by atoms with Gasteiger partial charge in [-0.2, -0.15) is 0 Å². The number of aryl methyl sites for hydroxylation is 1. The number of nitrogens with one attached hydrogen (secondary N) is 3. The predicted molar refractivity (Wildman–Crippen MR) is 154 cm³/mol. The Morgan fingerprint density at radius 1 is 1.05 bits per heavy atom. The maximum atomic E-state index is 15.1. The number of urea groups is 1. The minimum absolute atomic E-state index is 0.00830. The molecule has 0 spiro atoms. The number of anilines is 3. The molecule has 3 heterocycles. The monoisotopic (exact) mass is 567 g/mol. The fraction of sp³-hybridized carbons (Fsp3) is 0.321. The van der Waals surface area contributed by atoms with Crippen LogP contribution in [0.5, 0.6) is 0 Å². The number of likely N-dealkylation sites (tertiary alicyclic amines) is 1. The summed E-state index contributed by atoms with van der Waals surface area (Å²) in [4.78, 5) is 42.8. The van der Waals surface area contributed by atoms with Crippen LogP contribution in [-0.2, 0) is 11.2 Å². The molecule has 11 heteroatoms. The molecule has 4 amide bonds. The number of carbonyl (C=O) groups excluding carboxylic acids is 3. The van der Waals surface area contributed by atoms with Crippen molar-refractivity contribution in [3.8, 4) is 0 Å². The van der Waals surface area contributed by atoms with Crippen LogP contribution in [0.4, 0.5) is 26.2 Å². The van der Waals surface area contributed by atoms with Gasteiger partial charge in [-0.3, -0.25) is 14.3 Å². The van der Waals surface area contributed by atoms with Gasteiger partial charge >= 0.3 is 6.03 Å². The quantitative estimate of drug-likeness (QED) is 0.176. The van der Waals surface area contributed by atoms with Crippen LogP contribution in [0.3, 0.4) is 0 Å². The molecule has 0 radical (unpaired) electrons. The van der Waals surface area contributed by atoms with Crippen LogP contribution in [0.2, 0.25) is 0 Å². The third-order valence-electron chi connectivity index (χ3n) is 6.72. The van der Waals surface area contributed by atoms with E-state index in [1.54, 1.807) is 17.4 Å². The number of halogens is 1. The molecule has 3 aromatic rings. The first-order chi connectivity index (χ1) is 18.9. The van der Waals surface area contributed by atoms with Crippen molar-refractivity contribution < 1.29 is 18.8 Å². The molecule has 0 saturated carbocycles. The minimum atomic E-state index is -0.782. The number of nitrogens with zero attached hydrogens (tertiary/aromatic N) is 2. The highest BCUT2D eigenvalue weighted by atomic mass is 32.2. The minimum Gasteiger partial charge on any atom is -0.385 e. The van der Waals surface area contributed by atoms with Gasteiger partial charge in [0.1, 0.15) is 5.82 Å². The number of fused-ring (bicyclic) bond motifs is 1. The number of thiophene rings is 1. The van der Waals surface area contributed by atoms with Gasteiger partial charge in [-0.15, -0.1) is 11.3 Å².